The summed E-state index contributed by atoms with van der Waals surface area (Å²) in [5.41, 5.74) is 3.53. The summed E-state index contributed by atoms with van der Waals surface area (Å²) in [4.78, 5) is 28.2. The van der Waals surface area contributed by atoms with Gasteiger partial charge < -0.3 is 19.7 Å². The summed E-state index contributed by atoms with van der Waals surface area (Å²) in [6, 6.07) is 14.0. The zero-order valence-corrected chi connectivity index (χ0v) is 20.2. The van der Waals surface area contributed by atoms with E-state index < -0.39 is 6.09 Å². The molecule has 1 amide bonds. The molecule has 0 bridgehead atoms. The lowest BCUT2D eigenvalue weighted by molar-refractivity contribution is 0.144. The first kappa shape index (κ1) is 22.9. The van der Waals surface area contributed by atoms with Crippen molar-refractivity contribution in [1.82, 2.24) is 9.88 Å². The molecule has 4 aromatic rings. The molecule has 0 saturated carbocycles. The Labute approximate surface area is 196 Å². The molecule has 0 unspecified atom stereocenters. The first-order chi connectivity index (χ1) is 15.6. The lowest BCUT2D eigenvalue weighted by Crippen LogP contribution is -2.34. The third-order valence-electron chi connectivity index (χ3n) is 6.21. The maximum atomic E-state index is 12.5. The van der Waals surface area contributed by atoms with Crippen LogP contribution in [0.5, 0.6) is 5.75 Å². The van der Waals surface area contributed by atoms with Crippen LogP contribution in [-0.4, -0.2) is 41.8 Å². The highest BCUT2D eigenvalue weighted by atomic mass is 32.1. The van der Waals surface area contributed by atoms with Crippen LogP contribution in [0.15, 0.2) is 52.6 Å². The van der Waals surface area contributed by atoms with Crippen LogP contribution in [0.2, 0.25) is 0 Å². The fraction of sp³-hybridized carbons (Fsp3) is 0.308. The summed E-state index contributed by atoms with van der Waals surface area (Å²) in [7, 11) is 3.25. The van der Waals surface area contributed by atoms with Crippen LogP contribution in [0.4, 0.5) is 4.79 Å². The van der Waals surface area contributed by atoms with Gasteiger partial charge in [0.05, 0.1) is 7.11 Å². The van der Waals surface area contributed by atoms with Gasteiger partial charge in [-0.25, -0.2) is 4.79 Å². The molecule has 2 aromatic heterocycles. The van der Waals surface area contributed by atoms with Crippen molar-refractivity contribution >= 4 is 38.4 Å². The molecule has 0 saturated heterocycles. The molecule has 7 heteroatoms. The quantitative estimate of drug-likeness (QED) is 0.371. The van der Waals surface area contributed by atoms with Gasteiger partial charge in [0.2, 0.25) is 0 Å². The number of aromatic nitrogens is 1. The third-order valence-corrected chi connectivity index (χ3v) is 7.12. The largest absolute Gasteiger partial charge is 0.496 e. The predicted octanol–water partition coefficient (Wildman–Crippen LogP) is 6.16. The van der Waals surface area contributed by atoms with E-state index in [0.29, 0.717) is 11.2 Å². The van der Waals surface area contributed by atoms with Gasteiger partial charge in [0.25, 0.3) is 5.56 Å². The molecule has 6 nitrogen and oxygen atoms in total. The van der Waals surface area contributed by atoms with Crippen molar-refractivity contribution in [3.8, 4) is 16.9 Å². The fourth-order valence-corrected chi connectivity index (χ4v) is 5.19. The van der Waals surface area contributed by atoms with Crippen molar-refractivity contribution in [1.29, 1.82) is 0 Å². The molecule has 0 aliphatic rings. The van der Waals surface area contributed by atoms with Gasteiger partial charge >= 0.3 is 6.09 Å². The van der Waals surface area contributed by atoms with Crippen LogP contribution in [-0.2, 0) is 0 Å². The molecular weight excluding hydrogens is 436 g/mol. The zero-order chi connectivity index (χ0) is 23.9. The topological polar surface area (TPSA) is 82.6 Å². The Morgan fingerprint density at radius 2 is 1.85 bits per heavy atom. The van der Waals surface area contributed by atoms with Crippen LogP contribution < -0.4 is 10.3 Å². The molecule has 4 rings (SSSR count). The molecule has 0 aliphatic heterocycles. The Bertz CT molecular complexity index is 1380. The van der Waals surface area contributed by atoms with E-state index in [1.807, 2.05) is 23.6 Å². The average Bonchev–Trinajstić information content (AvgIpc) is 3.27. The Morgan fingerprint density at radius 3 is 2.45 bits per heavy atom. The Morgan fingerprint density at radius 1 is 1.15 bits per heavy atom. The van der Waals surface area contributed by atoms with Crippen LogP contribution in [0.3, 0.4) is 0 Å². The normalized spacial score (nSPS) is 12.8. The molecule has 2 heterocycles. The number of hydrogen-bond donors (Lipinski definition) is 2. The van der Waals surface area contributed by atoms with E-state index in [-0.39, 0.29) is 16.9 Å². The van der Waals surface area contributed by atoms with Crippen molar-refractivity contribution in [2.24, 2.45) is 5.41 Å². The number of carboxylic acid groups (broad SMARTS) is 1. The van der Waals surface area contributed by atoms with Gasteiger partial charge in [0.1, 0.15) is 10.4 Å². The van der Waals surface area contributed by atoms with Gasteiger partial charge in [0.15, 0.2) is 0 Å². The number of methoxy groups -OCH3 is 1. The minimum Gasteiger partial charge on any atom is -0.496 e. The van der Waals surface area contributed by atoms with Crippen molar-refractivity contribution in [3.05, 3.63) is 63.8 Å². The Kier molecular flexibility index (Phi) is 5.93. The third kappa shape index (κ3) is 4.20. The molecule has 0 spiro atoms. The van der Waals surface area contributed by atoms with E-state index in [1.165, 1.54) is 16.2 Å². The molecular formula is C26H28N2O4S. The number of amides is 1. The predicted molar refractivity (Wildman–Crippen MR) is 135 cm³/mol. The van der Waals surface area contributed by atoms with Crippen LogP contribution in [0, 0.1) is 5.41 Å². The fourth-order valence-electron chi connectivity index (χ4n) is 4.40. The molecule has 0 radical (unpaired) electrons. The van der Waals surface area contributed by atoms with E-state index in [4.69, 9.17) is 4.74 Å². The molecule has 33 heavy (non-hydrogen) atoms. The minimum absolute atomic E-state index is 0.0296. The van der Waals surface area contributed by atoms with Gasteiger partial charge in [-0.15, -0.1) is 11.3 Å². The van der Waals surface area contributed by atoms with Crippen molar-refractivity contribution < 1.29 is 14.6 Å². The summed E-state index contributed by atoms with van der Waals surface area (Å²) >= 11 is 1.43. The molecule has 2 aromatic carbocycles. The summed E-state index contributed by atoms with van der Waals surface area (Å²) in [6.45, 7) is 6.78. The summed E-state index contributed by atoms with van der Waals surface area (Å²) < 4.78 is 6.41. The molecule has 1 atom stereocenters. The number of pyridine rings is 1. The lowest BCUT2D eigenvalue weighted by atomic mass is 9.76. The number of thiophene rings is 1. The van der Waals surface area contributed by atoms with Crippen LogP contribution >= 0.6 is 11.3 Å². The SMILES string of the molecule is COc1ccc2[nH]c(=O)c3sccc3c2c1-c1ccc([C@H](CN(C)C(=O)O)C(C)(C)C)cc1. The number of rotatable bonds is 5. The molecule has 0 fully saturated rings. The molecule has 0 aliphatic carbocycles. The standard InChI is InChI=1S/C26H28N2O4S/c1-26(2,3)18(14-28(4)25(30)31)15-6-8-16(9-7-15)21-20(32-5)11-10-19-22(21)17-12-13-33-23(17)24(29)27-19/h6-13,18H,14H2,1-5H3,(H,27,29)(H,30,31)/t18-/m0/s1. The number of nitrogens with zero attached hydrogens (tertiary/aromatic N) is 1. The number of nitrogens with one attached hydrogen (secondary N) is 1. The van der Waals surface area contributed by atoms with Crippen molar-refractivity contribution in [2.45, 2.75) is 26.7 Å². The van der Waals surface area contributed by atoms with E-state index in [9.17, 15) is 14.7 Å². The van der Waals surface area contributed by atoms with Crippen molar-refractivity contribution in [3.63, 3.8) is 0 Å². The maximum Gasteiger partial charge on any atom is 0.407 e. The van der Waals surface area contributed by atoms with Gasteiger partial charge in [-0.2, -0.15) is 0 Å². The second-order valence-electron chi connectivity index (χ2n) is 9.39. The van der Waals surface area contributed by atoms with Gasteiger partial charge in [-0.05, 0) is 40.1 Å². The van der Waals surface area contributed by atoms with Gasteiger partial charge in [-0.3, -0.25) is 4.79 Å². The van der Waals surface area contributed by atoms with Crippen LogP contribution in [0.1, 0.15) is 32.3 Å². The average molecular weight is 465 g/mol. The van der Waals surface area contributed by atoms with Crippen LogP contribution in [0.25, 0.3) is 32.1 Å². The van der Waals surface area contributed by atoms with Gasteiger partial charge in [-0.1, -0.05) is 45.0 Å². The number of H-pyrrole nitrogens is 1. The number of hydrogen-bond acceptors (Lipinski definition) is 4. The first-order valence-corrected chi connectivity index (χ1v) is 11.6. The summed E-state index contributed by atoms with van der Waals surface area (Å²) in [6.07, 6.45) is -0.935. The number of carbonyl (C=O) groups is 1. The Balaban J connectivity index is 1.87. The number of aromatic amines is 1. The zero-order valence-electron chi connectivity index (χ0n) is 19.4. The first-order valence-electron chi connectivity index (χ1n) is 10.8. The highest BCUT2D eigenvalue weighted by molar-refractivity contribution is 7.17. The van der Waals surface area contributed by atoms with E-state index >= 15 is 0 Å². The van der Waals surface area contributed by atoms with Crippen molar-refractivity contribution in [2.75, 3.05) is 20.7 Å². The highest BCUT2D eigenvalue weighted by Crippen LogP contribution is 2.42. The number of ether oxygens (including phenoxy) is 1. The van der Waals surface area contributed by atoms with E-state index in [0.717, 1.165) is 38.7 Å². The highest BCUT2D eigenvalue weighted by Gasteiger charge is 2.29. The maximum absolute atomic E-state index is 12.5. The summed E-state index contributed by atoms with van der Waals surface area (Å²) in [5, 5.41) is 13.2. The Hall–Kier alpha value is -3.32. The number of fused-ring (bicyclic) bond motifs is 3. The lowest BCUT2D eigenvalue weighted by Gasteiger charge is -2.33. The smallest absolute Gasteiger partial charge is 0.407 e. The number of benzene rings is 2. The second-order valence-corrected chi connectivity index (χ2v) is 10.3. The van der Waals surface area contributed by atoms with E-state index in [1.54, 1.807) is 14.2 Å². The number of likely N-dealkylation sites (N-methyl/N-ethyl adjacent to an activating group) is 1. The van der Waals surface area contributed by atoms with Gasteiger partial charge in [0, 0.05) is 41.4 Å². The monoisotopic (exact) mass is 464 g/mol. The summed E-state index contributed by atoms with van der Waals surface area (Å²) in [5.74, 6) is 0.759. The second kappa shape index (κ2) is 8.56. The molecule has 172 valence electrons. The van der Waals surface area contributed by atoms with E-state index in [2.05, 4.69) is 50.0 Å². The minimum atomic E-state index is -0.935. The molecule has 2 N–H and O–H groups in total.